The molecule has 0 unspecified atom stereocenters. The third-order valence-electron chi connectivity index (χ3n) is 2.26. The molecule has 2 aromatic rings. The molecular formula is C12H11N3O3. The number of carbonyl (C=O) groups is 1. The van der Waals surface area contributed by atoms with Gasteiger partial charge in [0.2, 0.25) is 5.76 Å². The first-order chi connectivity index (χ1) is 8.74. The first-order valence-electron chi connectivity index (χ1n) is 5.13. The molecule has 2 rings (SSSR count). The maximum atomic E-state index is 11.3. The highest BCUT2D eigenvalue weighted by Crippen LogP contribution is 2.11. The second-order valence-corrected chi connectivity index (χ2v) is 3.40. The monoisotopic (exact) mass is 245 g/mol. The fraction of sp³-hybridized carbons (Fsp3) is 0.0833. The molecule has 6 nitrogen and oxygen atoms in total. The Morgan fingerprint density at radius 2 is 2.06 bits per heavy atom. The maximum Gasteiger partial charge on any atom is 0.376 e. The Morgan fingerprint density at radius 1 is 1.33 bits per heavy atom. The van der Waals surface area contributed by atoms with Crippen LogP contribution in [0.5, 0.6) is 0 Å². The molecule has 1 heterocycles. The lowest BCUT2D eigenvalue weighted by atomic mass is 10.3. The highest BCUT2D eigenvalue weighted by Gasteiger charge is 2.11. The average molecular weight is 245 g/mol. The Balaban J connectivity index is 2.41. The molecule has 0 amide bonds. The van der Waals surface area contributed by atoms with Crippen LogP contribution in [0.15, 0.2) is 36.2 Å². The number of hydrogen-bond acceptors (Lipinski definition) is 6. The van der Waals surface area contributed by atoms with Crippen molar-refractivity contribution in [3.05, 3.63) is 41.9 Å². The predicted molar refractivity (Wildman–Crippen MR) is 64.8 cm³/mol. The molecule has 6 heteroatoms. The molecular weight excluding hydrogens is 234 g/mol. The van der Waals surface area contributed by atoms with Crippen LogP contribution in [-0.2, 0) is 14.4 Å². The normalized spacial score (nSPS) is 11.3. The van der Waals surface area contributed by atoms with Gasteiger partial charge in [-0.2, -0.15) is 5.90 Å². The zero-order valence-corrected chi connectivity index (χ0v) is 9.66. The van der Waals surface area contributed by atoms with Crippen LogP contribution in [0, 0.1) is 0 Å². The summed E-state index contributed by atoms with van der Waals surface area (Å²) in [6.45, 7) is 0. The number of hydrogen-bond donors (Lipinski definition) is 1. The quantitative estimate of drug-likeness (QED) is 0.376. The fourth-order valence-electron chi connectivity index (χ4n) is 1.42. The molecule has 0 fully saturated rings. The molecule has 1 aromatic heterocycles. The van der Waals surface area contributed by atoms with Gasteiger partial charge in [-0.25, -0.2) is 9.78 Å². The zero-order valence-electron chi connectivity index (χ0n) is 9.66. The molecule has 0 radical (unpaired) electrons. The van der Waals surface area contributed by atoms with E-state index in [1.165, 1.54) is 19.4 Å². The Morgan fingerprint density at radius 3 is 2.72 bits per heavy atom. The molecule has 0 aliphatic carbocycles. The van der Waals surface area contributed by atoms with E-state index in [-0.39, 0.29) is 5.76 Å². The molecule has 0 aliphatic rings. The van der Waals surface area contributed by atoms with Gasteiger partial charge in [-0.15, -0.1) is 0 Å². The van der Waals surface area contributed by atoms with Crippen LogP contribution in [0.2, 0.25) is 0 Å². The molecule has 0 atom stereocenters. The van der Waals surface area contributed by atoms with Crippen molar-refractivity contribution in [2.75, 3.05) is 7.11 Å². The van der Waals surface area contributed by atoms with Gasteiger partial charge in [0, 0.05) is 6.08 Å². The number of para-hydroxylation sites is 2. The van der Waals surface area contributed by atoms with Gasteiger partial charge in [0.05, 0.1) is 30.0 Å². The number of fused-ring (bicyclic) bond motifs is 1. The van der Waals surface area contributed by atoms with Crippen molar-refractivity contribution >= 4 is 23.1 Å². The number of rotatable bonds is 3. The molecule has 0 aliphatic heterocycles. The third kappa shape index (κ3) is 2.44. The van der Waals surface area contributed by atoms with E-state index in [0.29, 0.717) is 11.2 Å². The smallest absolute Gasteiger partial charge is 0.376 e. The van der Waals surface area contributed by atoms with Gasteiger partial charge in [-0.1, -0.05) is 12.1 Å². The Hall–Kier alpha value is -2.47. The number of nitrogens with zero attached hydrogens (tertiary/aromatic N) is 2. The molecule has 0 saturated carbocycles. The highest BCUT2D eigenvalue weighted by molar-refractivity contribution is 5.91. The first kappa shape index (κ1) is 12.0. The Bertz CT molecular complexity index is 610. The van der Waals surface area contributed by atoms with Crippen molar-refractivity contribution in [1.82, 2.24) is 9.97 Å². The summed E-state index contributed by atoms with van der Waals surface area (Å²) in [6, 6.07) is 7.39. The van der Waals surface area contributed by atoms with Crippen LogP contribution in [-0.4, -0.2) is 23.0 Å². The summed E-state index contributed by atoms with van der Waals surface area (Å²) in [5.74, 6) is 4.18. The van der Waals surface area contributed by atoms with Gasteiger partial charge < -0.3 is 9.57 Å². The molecule has 1 aromatic carbocycles. The van der Waals surface area contributed by atoms with Gasteiger partial charge in [0.15, 0.2) is 0 Å². The minimum Gasteiger partial charge on any atom is -0.463 e. The molecule has 92 valence electrons. The van der Waals surface area contributed by atoms with Gasteiger partial charge in [-0.05, 0) is 12.1 Å². The highest BCUT2D eigenvalue weighted by atomic mass is 16.6. The molecule has 2 N–H and O–H groups in total. The van der Waals surface area contributed by atoms with E-state index in [1.54, 1.807) is 0 Å². The molecule has 0 bridgehead atoms. The van der Waals surface area contributed by atoms with Crippen molar-refractivity contribution in [3.63, 3.8) is 0 Å². The summed E-state index contributed by atoms with van der Waals surface area (Å²) in [5, 5.41) is 0. The van der Waals surface area contributed by atoms with Crippen molar-refractivity contribution in [3.8, 4) is 0 Å². The van der Waals surface area contributed by atoms with Crippen LogP contribution >= 0.6 is 0 Å². The fourth-order valence-corrected chi connectivity index (χ4v) is 1.42. The van der Waals surface area contributed by atoms with E-state index in [0.717, 1.165) is 5.52 Å². The number of methoxy groups -OCH3 is 1. The number of ether oxygens (including phenoxy) is 1. The van der Waals surface area contributed by atoms with Crippen LogP contribution < -0.4 is 5.90 Å². The number of aromatic nitrogens is 2. The summed E-state index contributed by atoms with van der Waals surface area (Å²) in [6.07, 6.45) is 2.88. The summed E-state index contributed by atoms with van der Waals surface area (Å²) >= 11 is 0. The van der Waals surface area contributed by atoms with Crippen LogP contribution in [0.3, 0.4) is 0 Å². The standard InChI is InChI=1S/C12H11N3O3/c1-17-12(16)11(18-13)6-8-7-14-9-4-2-3-5-10(9)15-8/h2-7H,13H2,1H3. The number of esters is 1. The third-order valence-corrected chi connectivity index (χ3v) is 2.26. The summed E-state index contributed by atoms with van der Waals surface area (Å²) < 4.78 is 4.50. The Kier molecular flexibility index (Phi) is 3.49. The zero-order chi connectivity index (χ0) is 13.0. The predicted octanol–water partition coefficient (Wildman–Crippen LogP) is 1.03. The van der Waals surface area contributed by atoms with E-state index in [2.05, 4.69) is 19.5 Å². The minimum absolute atomic E-state index is 0.137. The summed E-state index contributed by atoms with van der Waals surface area (Å²) in [5.41, 5.74) is 1.94. The van der Waals surface area contributed by atoms with E-state index in [1.807, 2.05) is 24.3 Å². The maximum absolute atomic E-state index is 11.3. The lowest BCUT2D eigenvalue weighted by molar-refractivity contribution is -0.140. The van der Waals surface area contributed by atoms with Crippen molar-refractivity contribution in [2.45, 2.75) is 0 Å². The van der Waals surface area contributed by atoms with Crippen molar-refractivity contribution < 1.29 is 14.4 Å². The van der Waals surface area contributed by atoms with Gasteiger partial charge in [0.1, 0.15) is 0 Å². The summed E-state index contributed by atoms with van der Waals surface area (Å²) in [7, 11) is 1.24. The van der Waals surface area contributed by atoms with Crippen molar-refractivity contribution in [1.29, 1.82) is 0 Å². The molecule has 18 heavy (non-hydrogen) atoms. The number of nitrogens with two attached hydrogens (primary N) is 1. The van der Waals surface area contributed by atoms with Gasteiger partial charge in [-0.3, -0.25) is 4.98 Å². The Labute approximate surface area is 103 Å². The molecule has 0 saturated heterocycles. The SMILES string of the molecule is COC(=O)C(=Cc1cnc2ccccc2n1)ON. The lowest BCUT2D eigenvalue weighted by Gasteiger charge is -2.02. The average Bonchev–Trinajstić information content (AvgIpc) is 2.43. The molecule has 0 spiro atoms. The van der Waals surface area contributed by atoms with E-state index in [4.69, 9.17) is 5.90 Å². The second-order valence-electron chi connectivity index (χ2n) is 3.40. The van der Waals surface area contributed by atoms with E-state index >= 15 is 0 Å². The van der Waals surface area contributed by atoms with E-state index in [9.17, 15) is 4.79 Å². The largest absolute Gasteiger partial charge is 0.463 e. The van der Waals surface area contributed by atoms with E-state index < -0.39 is 5.97 Å². The van der Waals surface area contributed by atoms with Crippen LogP contribution in [0.25, 0.3) is 17.1 Å². The lowest BCUT2D eigenvalue weighted by Crippen LogP contribution is -2.11. The van der Waals surface area contributed by atoms with Crippen LogP contribution in [0.4, 0.5) is 0 Å². The first-order valence-corrected chi connectivity index (χ1v) is 5.13. The van der Waals surface area contributed by atoms with Gasteiger partial charge in [0.25, 0.3) is 0 Å². The topological polar surface area (TPSA) is 87.3 Å². The van der Waals surface area contributed by atoms with Crippen LogP contribution in [0.1, 0.15) is 5.69 Å². The number of benzene rings is 1. The van der Waals surface area contributed by atoms with Crippen molar-refractivity contribution in [2.24, 2.45) is 5.90 Å². The number of carbonyl (C=O) groups excluding carboxylic acids is 1. The second kappa shape index (κ2) is 5.24. The van der Waals surface area contributed by atoms with Gasteiger partial charge >= 0.3 is 5.97 Å². The minimum atomic E-state index is -0.674. The summed E-state index contributed by atoms with van der Waals surface area (Å²) in [4.78, 5) is 24.2.